The van der Waals surface area contributed by atoms with Crippen LogP contribution in [0, 0.1) is 5.82 Å². The zero-order chi connectivity index (χ0) is 12.3. The van der Waals surface area contributed by atoms with Gasteiger partial charge in [0.05, 0.1) is 12.7 Å². The lowest BCUT2D eigenvalue weighted by molar-refractivity contribution is -0.118. The Hall–Kier alpha value is -1.61. The summed E-state index contributed by atoms with van der Waals surface area (Å²) >= 11 is 5.84. The first-order valence-corrected chi connectivity index (χ1v) is 5.51. The molecule has 17 heavy (non-hydrogen) atoms. The molecule has 0 fully saturated rings. The van der Waals surface area contributed by atoms with E-state index in [1.165, 1.54) is 24.5 Å². The second-order valence-electron chi connectivity index (χ2n) is 3.71. The molecule has 0 spiro atoms. The van der Waals surface area contributed by atoms with Crippen LogP contribution in [0.25, 0.3) is 0 Å². The summed E-state index contributed by atoms with van der Waals surface area (Å²) in [6, 6.07) is 7.49. The van der Waals surface area contributed by atoms with E-state index in [2.05, 4.69) is 0 Å². The van der Waals surface area contributed by atoms with Crippen molar-refractivity contribution in [1.82, 2.24) is 0 Å². The Balaban J connectivity index is 2.03. The summed E-state index contributed by atoms with van der Waals surface area (Å²) in [5.41, 5.74) is 0.629. The second kappa shape index (κ2) is 5.15. The summed E-state index contributed by atoms with van der Waals surface area (Å²) in [5.74, 6) is 0.193. The van der Waals surface area contributed by atoms with Crippen LogP contribution >= 0.6 is 11.6 Å². The molecular formula is C13H10ClFO2. The minimum atomic E-state index is -0.405. The predicted molar refractivity (Wildman–Crippen MR) is 62.5 cm³/mol. The molecule has 4 heteroatoms. The fourth-order valence-electron chi connectivity index (χ4n) is 1.55. The van der Waals surface area contributed by atoms with E-state index in [0.29, 0.717) is 11.3 Å². The molecule has 0 aliphatic heterocycles. The van der Waals surface area contributed by atoms with Crippen LogP contribution in [0.5, 0.6) is 0 Å². The molecule has 1 aromatic carbocycles. The van der Waals surface area contributed by atoms with E-state index in [9.17, 15) is 9.18 Å². The van der Waals surface area contributed by atoms with Crippen molar-refractivity contribution < 1.29 is 13.6 Å². The molecule has 2 rings (SSSR count). The SMILES string of the molecule is O=C(Cc1ccco1)Cc1ccc(F)cc1Cl. The van der Waals surface area contributed by atoms with Crippen LogP contribution in [0.2, 0.25) is 5.02 Å². The largest absolute Gasteiger partial charge is 0.469 e. The average molecular weight is 253 g/mol. The third kappa shape index (κ3) is 3.17. The van der Waals surface area contributed by atoms with Crippen molar-refractivity contribution in [2.24, 2.45) is 0 Å². The van der Waals surface area contributed by atoms with Crippen molar-refractivity contribution in [2.75, 3.05) is 0 Å². The van der Waals surface area contributed by atoms with E-state index in [-0.39, 0.29) is 23.6 Å². The Morgan fingerprint density at radius 1 is 1.29 bits per heavy atom. The van der Waals surface area contributed by atoms with Gasteiger partial charge in [-0.15, -0.1) is 0 Å². The Labute approximate surface area is 103 Å². The van der Waals surface area contributed by atoms with Crippen molar-refractivity contribution in [1.29, 1.82) is 0 Å². The zero-order valence-electron chi connectivity index (χ0n) is 8.95. The molecule has 2 nitrogen and oxygen atoms in total. The lowest BCUT2D eigenvalue weighted by Crippen LogP contribution is -2.06. The van der Waals surface area contributed by atoms with Gasteiger partial charge in [0.15, 0.2) is 0 Å². The van der Waals surface area contributed by atoms with Crippen LogP contribution in [-0.4, -0.2) is 5.78 Å². The fourth-order valence-corrected chi connectivity index (χ4v) is 1.78. The molecule has 2 aromatic rings. The minimum Gasteiger partial charge on any atom is -0.469 e. The van der Waals surface area contributed by atoms with Crippen LogP contribution in [0.4, 0.5) is 4.39 Å². The van der Waals surface area contributed by atoms with Crippen LogP contribution in [0.3, 0.4) is 0 Å². The number of halogens is 2. The van der Waals surface area contributed by atoms with E-state index < -0.39 is 5.82 Å². The monoisotopic (exact) mass is 252 g/mol. The third-order valence-corrected chi connectivity index (χ3v) is 2.71. The Morgan fingerprint density at radius 2 is 2.12 bits per heavy atom. The van der Waals surface area contributed by atoms with E-state index in [1.807, 2.05) is 0 Å². The number of furan rings is 1. The van der Waals surface area contributed by atoms with Crippen LogP contribution in [-0.2, 0) is 17.6 Å². The number of hydrogen-bond donors (Lipinski definition) is 0. The molecule has 0 saturated heterocycles. The quantitative estimate of drug-likeness (QED) is 0.835. The maximum atomic E-state index is 12.8. The first-order chi connectivity index (χ1) is 8.15. The van der Waals surface area contributed by atoms with Crippen molar-refractivity contribution in [2.45, 2.75) is 12.8 Å². The second-order valence-corrected chi connectivity index (χ2v) is 4.11. The normalized spacial score (nSPS) is 10.5. The molecule has 88 valence electrons. The number of carbonyl (C=O) groups is 1. The van der Waals surface area contributed by atoms with Gasteiger partial charge in [0.2, 0.25) is 0 Å². The third-order valence-electron chi connectivity index (χ3n) is 2.35. The summed E-state index contributed by atoms with van der Waals surface area (Å²) < 4.78 is 17.9. The number of benzene rings is 1. The molecule has 0 unspecified atom stereocenters. The minimum absolute atomic E-state index is 0.0199. The van der Waals surface area contributed by atoms with Crippen molar-refractivity contribution in [3.63, 3.8) is 0 Å². The lowest BCUT2D eigenvalue weighted by Gasteiger charge is -2.02. The first-order valence-electron chi connectivity index (χ1n) is 5.13. The van der Waals surface area contributed by atoms with E-state index in [0.717, 1.165) is 0 Å². The van der Waals surface area contributed by atoms with Gasteiger partial charge in [-0.3, -0.25) is 4.79 Å². The van der Waals surface area contributed by atoms with Crippen molar-refractivity contribution in [3.05, 3.63) is 58.8 Å². The smallest absolute Gasteiger partial charge is 0.144 e. The van der Waals surface area contributed by atoms with Gasteiger partial charge in [0.25, 0.3) is 0 Å². The maximum absolute atomic E-state index is 12.8. The standard InChI is InChI=1S/C13H10ClFO2/c14-13-7-10(15)4-3-9(13)6-11(16)8-12-2-1-5-17-12/h1-5,7H,6,8H2. The van der Waals surface area contributed by atoms with Gasteiger partial charge in [-0.1, -0.05) is 17.7 Å². The Kier molecular flexibility index (Phi) is 3.59. The Bertz CT molecular complexity index is 520. The fraction of sp³-hybridized carbons (Fsp3) is 0.154. The van der Waals surface area contributed by atoms with E-state index in [4.69, 9.17) is 16.0 Å². The van der Waals surface area contributed by atoms with Gasteiger partial charge >= 0.3 is 0 Å². The van der Waals surface area contributed by atoms with Crippen molar-refractivity contribution >= 4 is 17.4 Å². The van der Waals surface area contributed by atoms with Gasteiger partial charge < -0.3 is 4.42 Å². The topological polar surface area (TPSA) is 30.2 Å². The molecule has 0 bridgehead atoms. The molecule has 0 N–H and O–H groups in total. The van der Waals surface area contributed by atoms with Gasteiger partial charge in [-0.2, -0.15) is 0 Å². The number of ketones is 1. The predicted octanol–water partition coefficient (Wildman–Crippen LogP) is 3.43. The molecule has 0 atom stereocenters. The maximum Gasteiger partial charge on any atom is 0.144 e. The van der Waals surface area contributed by atoms with Gasteiger partial charge in [-0.05, 0) is 29.8 Å². The van der Waals surface area contributed by atoms with Crippen LogP contribution in [0.1, 0.15) is 11.3 Å². The summed E-state index contributed by atoms with van der Waals surface area (Å²) in [4.78, 5) is 11.7. The van der Waals surface area contributed by atoms with Gasteiger partial charge in [-0.25, -0.2) is 4.39 Å². The van der Waals surface area contributed by atoms with E-state index >= 15 is 0 Å². The summed E-state index contributed by atoms with van der Waals surface area (Å²) in [6.07, 6.45) is 1.92. The molecule has 0 aliphatic rings. The van der Waals surface area contributed by atoms with Crippen molar-refractivity contribution in [3.8, 4) is 0 Å². The highest BCUT2D eigenvalue weighted by Gasteiger charge is 2.10. The Morgan fingerprint density at radius 3 is 2.76 bits per heavy atom. The molecule has 0 amide bonds. The zero-order valence-corrected chi connectivity index (χ0v) is 9.71. The molecule has 0 radical (unpaired) electrons. The highest BCUT2D eigenvalue weighted by Crippen LogP contribution is 2.18. The molecule has 1 aromatic heterocycles. The van der Waals surface area contributed by atoms with Gasteiger partial charge in [0.1, 0.15) is 17.4 Å². The number of hydrogen-bond acceptors (Lipinski definition) is 2. The summed E-state index contributed by atoms with van der Waals surface area (Å²) in [7, 11) is 0. The van der Waals surface area contributed by atoms with Crippen LogP contribution < -0.4 is 0 Å². The molecular weight excluding hydrogens is 243 g/mol. The lowest BCUT2D eigenvalue weighted by atomic mass is 10.1. The van der Waals surface area contributed by atoms with E-state index in [1.54, 1.807) is 12.1 Å². The highest BCUT2D eigenvalue weighted by atomic mass is 35.5. The van der Waals surface area contributed by atoms with Gasteiger partial charge in [0, 0.05) is 11.4 Å². The summed E-state index contributed by atoms with van der Waals surface area (Å²) in [5, 5.41) is 0.276. The van der Waals surface area contributed by atoms with Crippen LogP contribution in [0.15, 0.2) is 41.0 Å². The molecule has 0 saturated carbocycles. The summed E-state index contributed by atoms with van der Waals surface area (Å²) in [6.45, 7) is 0. The number of rotatable bonds is 4. The molecule has 0 aliphatic carbocycles. The number of Topliss-reactive ketones (excluding diaryl/α,β-unsaturated/α-hetero) is 1. The number of carbonyl (C=O) groups excluding carboxylic acids is 1. The first kappa shape index (κ1) is 11.9. The average Bonchev–Trinajstić information content (AvgIpc) is 2.75. The highest BCUT2D eigenvalue weighted by molar-refractivity contribution is 6.31. The molecule has 1 heterocycles.